The van der Waals surface area contributed by atoms with Gasteiger partial charge in [-0.2, -0.15) is 0 Å². The maximum Gasteiger partial charge on any atom is 0.334 e. The van der Waals surface area contributed by atoms with Crippen LogP contribution in [0.1, 0.15) is 66.2 Å². The van der Waals surface area contributed by atoms with Gasteiger partial charge in [0.1, 0.15) is 23.9 Å². The molecule has 0 aromatic rings. The van der Waals surface area contributed by atoms with E-state index in [4.69, 9.17) is 18.9 Å². The van der Waals surface area contributed by atoms with E-state index in [0.717, 1.165) is 31.3 Å². The first-order chi connectivity index (χ1) is 14.5. The quantitative estimate of drug-likeness (QED) is 0.284. The van der Waals surface area contributed by atoms with Crippen molar-refractivity contribution >= 4 is 17.9 Å². The van der Waals surface area contributed by atoms with Crippen LogP contribution >= 0.6 is 0 Å². The minimum Gasteiger partial charge on any atom is -0.459 e. The number of hydrogen-bond acceptors (Lipinski definition) is 7. The van der Waals surface area contributed by atoms with E-state index in [9.17, 15) is 14.4 Å². The van der Waals surface area contributed by atoms with Gasteiger partial charge in [0.2, 0.25) is 0 Å². The molecule has 0 aromatic carbocycles. The fourth-order valence-electron chi connectivity index (χ4n) is 5.12. The highest BCUT2D eigenvalue weighted by Crippen LogP contribution is 2.44. The van der Waals surface area contributed by atoms with E-state index in [2.05, 4.69) is 13.2 Å². The zero-order valence-electron chi connectivity index (χ0n) is 19.0. The molecule has 0 radical (unpaired) electrons. The minimum absolute atomic E-state index is 0.0375. The predicted octanol–water partition coefficient (Wildman–Crippen LogP) is 3.65. The maximum atomic E-state index is 12.5. The normalized spacial score (nSPS) is 38.9. The van der Waals surface area contributed by atoms with E-state index in [0.29, 0.717) is 18.4 Å². The summed E-state index contributed by atoms with van der Waals surface area (Å²) in [5, 5.41) is 0. The first-order valence-corrected chi connectivity index (χ1v) is 11.1. The van der Waals surface area contributed by atoms with Crippen LogP contribution < -0.4 is 0 Å². The molecular weight excluding hydrogens is 400 g/mol. The standard InChI is InChI=1S/C24H34O7/c1-13-8-7-9-14(2)21(29-17(5)26)22-18(15(3)23(27)30-22)12-20(28-16(4)25)24(6)11-10-19(13)31-24/h14,18-22H,1,3,7-12H2,2,4-6H3/t14-,18+,19-,20-,21+,22-,24+/m1/s1. The van der Waals surface area contributed by atoms with Gasteiger partial charge in [0.15, 0.2) is 0 Å². The SMILES string of the molecule is C=C1CCC[C@@H](C)[C@H](OC(C)=O)[C@@H]2OC(=O)C(=C)[C@@H]2C[C@@H](OC(C)=O)[C@]2(C)CC[C@H]1O2. The second kappa shape index (κ2) is 9.15. The summed E-state index contributed by atoms with van der Waals surface area (Å²) in [6.45, 7) is 14.8. The number of carbonyl (C=O) groups excluding carboxylic acids is 3. The topological polar surface area (TPSA) is 88.1 Å². The Kier molecular flexibility index (Phi) is 6.94. The van der Waals surface area contributed by atoms with Crippen LogP contribution in [-0.4, -0.2) is 47.9 Å². The van der Waals surface area contributed by atoms with Gasteiger partial charge in [-0.15, -0.1) is 0 Å². The third-order valence-corrected chi connectivity index (χ3v) is 6.92. The van der Waals surface area contributed by atoms with Crippen molar-refractivity contribution in [2.24, 2.45) is 11.8 Å². The molecule has 7 atom stereocenters. The molecule has 7 nitrogen and oxygen atoms in total. The fraction of sp³-hybridized carbons (Fsp3) is 0.708. The lowest BCUT2D eigenvalue weighted by atomic mass is 9.79. The highest BCUT2D eigenvalue weighted by atomic mass is 16.6. The van der Waals surface area contributed by atoms with Crippen molar-refractivity contribution in [1.82, 2.24) is 0 Å². The number of ether oxygens (including phenoxy) is 4. The monoisotopic (exact) mass is 434 g/mol. The molecule has 7 heteroatoms. The Labute approximate surface area is 184 Å². The molecule has 3 aliphatic rings. The molecule has 3 fully saturated rings. The lowest BCUT2D eigenvalue weighted by Gasteiger charge is -2.37. The lowest BCUT2D eigenvalue weighted by Crippen LogP contribution is -2.46. The zero-order chi connectivity index (χ0) is 22.9. The molecule has 0 N–H and O–H groups in total. The summed E-state index contributed by atoms with van der Waals surface area (Å²) in [4.78, 5) is 36.3. The first kappa shape index (κ1) is 23.5. The summed E-state index contributed by atoms with van der Waals surface area (Å²) >= 11 is 0. The molecule has 3 aliphatic heterocycles. The predicted molar refractivity (Wildman–Crippen MR) is 113 cm³/mol. The average Bonchev–Trinajstić information content (AvgIpc) is 3.20. The van der Waals surface area contributed by atoms with E-state index in [1.807, 2.05) is 13.8 Å². The molecule has 3 saturated heterocycles. The summed E-state index contributed by atoms with van der Waals surface area (Å²) in [5.74, 6) is -1.84. The lowest BCUT2D eigenvalue weighted by molar-refractivity contribution is -0.173. The van der Waals surface area contributed by atoms with Crippen molar-refractivity contribution in [3.63, 3.8) is 0 Å². The van der Waals surface area contributed by atoms with Gasteiger partial charge in [-0.1, -0.05) is 20.1 Å². The van der Waals surface area contributed by atoms with Gasteiger partial charge in [0.05, 0.1) is 6.10 Å². The Morgan fingerprint density at radius 3 is 2.45 bits per heavy atom. The largest absolute Gasteiger partial charge is 0.459 e. The van der Waals surface area contributed by atoms with Gasteiger partial charge < -0.3 is 18.9 Å². The van der Waals surface area contributed by atoms with Crippen LogP contribution in [0.25, 0.3) is 0 Å². The van der Waals surface area contributed by atoms with Gasteiger partial charge in [-0.25, -0.2) is 4.79 Å². The Bertz CT molecular complexity index is 772. The molecule has 31 heavy (non-hydrogen) atoms. The highest BCUT2D eigenvalue weighted by molar-refractivity contribution is 5.91. The van der Waals surface area contributed by atoms with Crippen LogP contribution in [0.4, 0.5) is 0 Å². The maximum absolute atomic E-state index is 12.5. The zero-order valence-corrected chi connectivity index (χ0v) is 19.0. The van der Waals surface area contributed by atoms with E-state index < -0.39 is 47.7 Å². The summed E-state index contributed by atoms with van der Waals surface area (Å²) < 4.78 is 23.4. The van der Waals surface area contributed by atoms with Crippen molar-refractivity contribution in [2.45, 2.75) is 96.2 Å². The third-order valence-electron chi connectivity index (χ3n) is 6.92. The number of fused-ring (bicyclic) bond motifs is 3. The second-order valence-electron chi connectivity index (χ2n) is 9.40. The number of esters is 3. The summed E-state index contributed by atoms with van der Waals surface area (Å²) in [6.07, 6.45) is 2.26. The van der Waals surface area contributed by atoms with Crippen LogP contribution in [0, 0.1) is 11.8 Å². The van der Waals surface area contributed by atoms with E-state index in [1.165, 1.54) is 13.8 Å². The summed E-state index contributed by atoms with van der Waals surface area (Å²) in [5.41, 5.74) is 0.618. The van der Waals surface area contributed by atoms with Crippen LogP contribution in [-0.2, 0) is 33.3 Å². The molecular formula is C24H34O7. The Balaban J connectivity index is 2.00. The van der Waals surface area contributed by atoms with Crippen molar-refractivity contribution in [3.05, 3.63) is 24.3 Å². The Hall–Kier alpha value is -2.15. The molecule has 0 saturated carbocycles. The van der Waals surface area contributed by atoms with Crippen molar-refractivity contribution in [2.75, 3.05) is 0 Å². The highest BCUT2D eigenvalue weighted by Gasteiger charge is 2.52. The van der Waals surface area contributed by atoms with Crippen LogP contribution in [0.5, 0.6) is 0 Å². The molecule has 0 spiro atoms. The summed E-state index contributed by atoms with van der Waals surface area (Å²) in [7, 11) is 0. The Morgan fingerprint density at radius 1 is 1.13 bits per heavy atom. The first-order valence-electron chi connectivity index (χ1n) is 11.1. The molecule has 0 unspecified atom stereocenters. The molecule has 3 rings (SSSR count). The van der Waals surface area contributed by atoms with Gasteiger partial charge in [0, 0.05) is 25.3 Å². The third kappa shape index (κ3) is 5.03. The number of hydrogen-bond donors (Lipinski definition) is 0. The van der Waals surface area contributed by atoms with E-state index in [1.54, 1.807) is 0 Å². The van der Waals surface area contributed by atoms with E-state index >= 15 is 0 Å². The Morgan fingerprint density at radius 2 is 1.81 bits per heavy atom. The second-order valence-corrected chi connectivity index (χ2v) is 9.40. The number of rotatable bonds is 2. The van der Waals surface area contributed by atoms with Crippen molar-refractivity contribution in [3.8, 4) is 0 Å². The molecule has 172 valence electrons. The summed E-state index contributed by atoms with van der Waals surface area (Å²) in [6, 6.07) is 0. The minimum atomic E-state index is -0.716. The van der Waals surface area contributed by atoms with E-state index in [-0.39, 0.29) is 12.0 Å². The molecule has 3 heterocycles. The molecule has 0 aromatic heterocycles. The average molecular weight is 435 g/mol. The molecule has 0 aliphatic carbocycles. The fourth-order valence-corrected chi connectivity index (χ4v) is 5.12. The number of carbonyl (C=O) groups is 3. The van der Waals surface area contributed by atoms with Gasteiger partial charge in [0.25, 0.3) is 0 Å². The molecule has 2 bridgehead atoms. The van der Waals surface area contributed by atoms with Crippen LogP contribution in [0.3, 0.4) is 0 Å². The molecule has 0 amide bonds. The van der Waals surface area contributed by atoms with Gasteiger partial charge in [-0.05, 0) is 56.9 Å². The van der Waals surface area contributed by atoms with Gasteiger partial charge in [-0.3, -0.25) is 9.59 Å². The van der Waals surface area contributed by atoms with Crippen molar-refractivity contribution in [1.29, 1.82) is 0 Å². The van der Waals surface area contributed by atoms with Crippen LogP contribution in [0.15, 0.2) is 24.3 Å². The van der Waals surface area contributed by atoms with Gasteiger partial charge >= 0.3 is 17.9 Å². The smallest absolute Gasteiger partial charge is 0.334 e. The van der Waals surface area contributed by atoms with Crippen LogP contribution in [0.2, 0.25) is 0 Å². The van der Waals surface area contributed by atoms with Crippen molar-refractivity contribution < 1.29 is 33.3 Å².